The van der Waals surface area contributed by atoms with Crippen LogP contribution >= 0.6 is 0 Å². The number of rotatable bonds is 4. The number of anilines is 1. The molecule has 19 heavy (non-hydrogen) atoms. The predicted molar refractivity (Wildman–Crippen MR) is 79.6 cm³/mol. The molecular weight excluding hydrogens is 236 g/mol. The summed E-state index contributed by atoms with van der Waals surface area (Å²) in [5, 5.41) is 3.10. The zero-order chi connectivity index (χ0) is 13.8. The molecule has 0 atom stereocenters. The Balaban J connectivity index is 2.05. The SMILES string of the molecule is CNc1ccc(C(=O)N(C)CC2CCCC2)c(C)c1. The summed E-state index contributed by atoms with van der Waals surface area (Å²) in [6, 6.07) is 5.91. The first-order valence-electron chi connectivity index (χ1n) is 7.15. The molecule has 0 saturated heterocycles. The first-order valence-corrected chi connectivity index (χ1v) is 7.15. The topological polar surface area (TPSA) is 32.3 Å². The van der Waals surface area contributed by atoms with Crippen molar-refractivity contribution in [3.8, 4) is 0 Å². The molecule has 3 nitrogen and oxygen atoms in total. The third kappa shape index (κ3) is 3.28. The van der Waals surface area contributed by atoms with Crippen LogP contribution in [-0.4, -0.2) is 31.4 Å². The maximum Gasteiger partial charge on any atom is 0.253 e. The monoisotopic (exact) mass is 260 g/mol. The Morgan fingerprint density at radius 2 is 2.05 bits per heavy atom. The van der Waals surface area contributed by atoms with E-state index in [0.717, 1.165) is 23.4 Å². The van der Waals surface area contributed by atoms with Gasteiger partial charge in [-0.3, -0.25) is 4.79 Å². The Kier molecular flexibility index (Phi) is 4.46. The summed E-state index contributed by atoms with van der Waals surface area (Å²) < 4.78 is 0. The van der Waals surface area contributed by atoms with Crippen molar-refractivity contribution in [3.63, 3.8) is 0 Å². The molecule has 104 valence electrons. The van der Waals surface area contributed by atoms with E-state index in [1.165, 1.54) is 25.7 Å². The number of benzene rings is 1. The lowest BCUT2D eigenvalue weighted by Crippen LogP contribution is -2.31. The Hall–Kier alpha value is -1.51. The van der Waals surface area contributed by atoms with Gasteiger partial charge in [0, 0.05) is 31.9 Å². The molecule has 0 aromatic heterocycles. The second kappa shape index (κ2) is 6.09. The third-order valence-electron chi connectivity index (χ3n) is 4.10. The maximum atomic E-state index is 12.5. The van der Waals surface area contributed by atoms with Gasteiger partial charge in [0.25, 0.3) is 5.91 Å². The lowest BCUT2D eigenvalue weighted by Gasteiger charge is -2.22. The van der Waals surface area contributed by atoms with Crippen LogP contribution in [0, 0.1) is 12.8 Å². The summed E-state index contributed by atoms with van der Waals surface area (Å²) in [4.78, 5) is 14.3. The fraction of sp³-hybridized carbons (Fsp3) is 0.562. The normalized spacial score (nSPS) is 15.5. The van der Waals surface area contributed by atoms with Gasteiger partial charge in [-0.25, -0.2) is 0 Å². The highest BCUT2D eigenvalue weighted by molar-refractivity contribution is 5.95. The molecule has 1 aliphatic rings. The van der Waals surface area contributed by atoms with Crippen LogP contribution in [0.3, 0.4) is 0 Å². The Morgan fingerprint density at radius 3 is 2.63 bits per heavy atom. The molecule has 0 bridgehead atoms. The van der Waals surface area contributed by atoms with E-state index in [-0.39, 0.29) is 5.91 Å². The van der Waals surface area contributed by atoms with Gasteiger partial charge in [0.05, 0.1) is 0 Å². The highest BCUT2D eigenvalue weighted by atomic mass is 16.2. The van der Waals surface area contributed by atoms with Crippen LogP contribution in [0.4, 0.5) is 5.69 Å². The molecule has 1 aromatic carbocycles. The van der Waals surface area contributed by atoms with Crippen LogP contribution in [0.15, 0.2) is 18.2 Å². The molecule has 1 N–H and O–H groups in total. The number of aryl methyl sites for hydroxylation is 1. The van der Waals surface area contributed by atoms with Gasteiger partial charge in [-0.1, -0.05) is 12.8 Å². The number of nitrogens with one attached hydrogen (secondary N) is 1. The highest BCUT2D eigenvalue weighted by Gasteiger charge is 2.21. The molecule has 1 aromatic rings. The van der Waals surface area contributed by atoms with Gasteiger partial charge in [-0.05, 0) is 49.4 Å². The van der Waals surface area contributed by atoms with Crippen molar-refractivity contribution in [2.45, 2.75) is 32.6 Å². The molecule has 0 unspecified atom stereocenters. The number of nitrogens with zero attached hydrogens (tertiary/aromatic N) is 1. The second-order valence-corrected chi connectivity index (χ2v) is 5.62. The second-order valence-electron chi connectivity index (χ2n) is 5.62. The first-order chi connectivity index (χ1) is 9.11. The van der Waals surface area contributed by atoms with Crippen molar-refractivity contribution in [1.82, 2.24) is 4.90 Å². The van der Waals surface area contributed by atoms with Gasteiger partial charge in [0.1, 0.15) is 0 Å². The molecule has 0 spiro atoms. The zero-order valence-corrected chi connectivity index (χ0v) is 12.2. The van der Waals surface area contributed by atoms with E-state index in [4.69, 9.17) is 0 Å². The fourth-order valence-corrected chi connectivity index (χ4v) is 2.93. The molecular formula is C16H24N2O. The van der Waals surface area contributed by atoms with E-state index in [9.17, 15) is 4.79 Å². The van der Waals surface area contributed by atoms with E-state index in [0.29, 0.717) is 5.92 Å². The predicted octanol–water partition coefficient (Wildman–Crippen LogP) is 3.30. The minimum Gasteiger partial charge on any atom is -0.388 e. The van der Waals surface area contributed by atoms with E-state index >= 15 is 0 Å². The van der Waals surface area contributed by atoms with E-state index in [2.05, 4.69) is 5.32 Å². The van der Waals surface area contributed by atoms with Crippen LogP contribution < -0.4 is 5.32 Å². The number of hydrogen-bond donors (Lipinski definition) is 1. The van der Waals surface area contributed by atoms with Gasteiger partial charge in [0.2, 0.25) is 0 Å². The van der Waals surface area contributed by atoms with Gasteiger partial charge >= 0.3 is 0 Å². The number of carbonyl (C=O) groups is 1. The number of hydrogen-bond acceptors (Lipinski definition) is 2. The van der Waals surface area contributed by atoms with Gasteiger partial charge in [-0.15, -0.1) is 0 Å². The number of carbonyl (C=O) groups excluding carboxylic acids is 1. The first kappa shape index (κ1) is 13.9. The van der Waals surface area contributed by atoms with Gasteiger partial charge in [0.15, 0.2) is 0 Å². The smallest absolute Gasteiger partial charge is 0.253 e. The fourth-order valence-electron chi connectivity index (χ4n) is 2.93. The van der Waals surface area contributed by atoms with Crippen molar-refractivity contribution in [1.29, 1.82) is 0 Å². The van der Waals surface area contributed by atoms with Crippen molar-refractivity contribution < 1.29 is 4.79 Å². The lowest BCUT2D eigenvalue weighted by atomic mass is 10.0. The Bertz CT molecular complexity index is 450. The summed E-state index contributed by atoms with van der Waals surface area (Å²) in [5.41, 5.74) is 2.90. The third-order valence-corrected chi connectivity index (χ3v) is 4.10. The molecule has 1 fully saturated rings. The van der Waals surface area contributed by atoms with Gasteiger partial charge in [-0.2, -0.15) is 0 Å². The van der Waals surface area contributed by atoms with E-state index in [1.807, 2.05) is 44.1 Å². The molecule has 1 saturated carbocycles. The molecule has 1 aliphatic carbocycles. The van der Waals surface area contributed by atoms with Crippen LogP contribution in [0.5, 0.6) is 0 Å². The summed E-state index contributed by atoms with van der Waals surface area (Å²) in [5.74, 6) is 0.845. The minimum absolute atomic E-state index is 0.145. The quantitative estimate of drug-likeness (QED) is 0.901. The van der Waals surface area contributed by atoms with Gasteiger partial charge < -0.3 is 10.2 Å². The largest absolute Gasteiger partial charge is 0.388 e. The van der Waals surface area contributed by atoms with E-state index in [1.54, 1.807) is 0 Å². The van der Waals surface area contributed by atoms with Crippen molar-refractivity contribution >= 4 is 11.6 Å². The molecule has 1 amide bonds. The zero-order valence-electron chi connectivity index (χ0n) is 12.2. The molecule has 0 aliphatic heterocycles. The standard InChI is InChI=1S/C16H24N2O/c1-12-10-14(17-2)8-9-15(12)16(19)18(3)11-13-6-4-5-7-13/h8-10,13,17H,4-7,11H2,1-3H3. The average Bonchev–Trinajstić information content (AvgIpc) is 2.90. The molecule has 0 radical (unpaired) electrons. The lowest BCUT2D eigenvalue weighted by molar-refractivity contribution is 0.0772. The summed E-state index contributed by atoms with van der Waals surface area (Å²) in [6.07, 6.45) is 5.19. The Labute approximate surface area is 116 Å². The summed E-state index contributed by atoms with van der Waals surface area (Å²) in [7, 11) is 3.81. The van der Waals surface area contributed by atoms with Crippen LogP contribution in [0.25, 0.3) is 0 Å². The molecule has 2 rings (SSSR count). The summed E-state index contributed by atoms with van der Waals surface area (Å²) >= 11 is 0. The molecule has 0 heterocycles. The van der Waals surface area contributed by atoms with Crippen LogP contribution in [0.1, 0.15) is 41.6 Å². The summed E-state index contributed by atoms with van der Waals surface area (Å²) in [6.45, 7) is 2.89. The van der Waals surface area contributed by atoms with E-state index < -0.39 is 0 Å². The average molecular weight is 260 g/mol. The number of amides is 1. The minimum atomic E-state index is 0.145. The Morgan fingerprint density at radius 1 is 1.37 bits per heavy atom. The van der Waals surface area contributed by atoms with Crippen LogP contribution in [0.2, 0.25) is 0 Å². The van der Waals surface area contributed by atoms with Crippen molar-refractivity contribution in [3.05, 3.63) is 29.3 Å². The van der Waals surface area contributed by atoms with Crippen molar-refractivity contribution in [2.24, 2.45) is 5.92 Å². The van der Waals surface area contributed by atoms with Crippen LogP contribution in [-0.2, 0) is 0 Å². The molecule has 3 heteroatoms. The van der Waals surface area contributed by atoms with Crippen molar-refractivity contribution in [2.75, 3.05) is 26.0 Å². The highest BCUT2D eigenvalue weighted by Crippen LogP contribution is 2.26. The maximum absolute atomic E-state index is 12.5.